The minimum absolute atomic E-state index is 0.0719. The molecule has 2 aliphatic heterocycles. The van der Waals surface area contributed by atoms with Crippen molar-refractivity contribution < 1.29 is 69.1 Å². The van der Waals surface area contributed by atoms with E-state index in [0.29, 0.717) is 6.20 Å². The molecule has 2 fully saturated rings. The molecular formula is C11H14F3N2O14P3. The molecule has 16 nitrogen and oxygen atoms in total. The second-order valence-corrected chi connectivity index (χ2v) is 11.6. The van der Waals surface area contributed by atoms with Crippen molar-refractivity contribution in [2.24, 2.45) is 0 Å². The summed E-state index contributed by atoms with van der Waals surface area (Å²) in [4.78, 5) is 43.5. The predicted octanol–water partition coefficient (Wildman–Crippen LogP) is -0.351. The van der Waals surface area contributed by atoms with Crippen LogP contribution in [0.3, 0.4) is 0 Å². The zero-order chi connectivity index (χ0) is 25.0. The van der Waals surface area contributed by atoms with Crippen LogP contribution >= 0.6 is 23.5 Å². The van der Waals surface area contributed by atoms with Gasteiger partial charge in [-0.2, -0.15) is 26.1 Å². The third-order valence-electron chi connectivity index (χ3n) is 4.07. The highest BCUT2D eigenvalue weighted by molar-refractivity contribution is 7.74. The molecule has 0 spiro atoms. The maximum absolute atomic E-state index is 12.6. The van der Waals surface area contributed by atoms with Crippen molar-refractivity contribution in [2.75, 3.05) is 6.61 Å². The summed E-state index contributed by atoms with van der Waals surface area (Å²) in [5.74, 6) is 0. The summed E-state index contributed by atoms with van der Waals surface area (Å²) in [6, 6.07) is 0. The van der Waals surface area contributed by atoms with Gasteiger partial charge in [-0.05, 0) is 0 Å². The van der Waals surface area contributed by atoms with Crippen LogP contribution in [0.25, 0.3) is 0 Å². The van der Waals surface area contributed by atoms with Crippen molar-refractivity contribution in [1.82, 2.24) is 9.55 Å². The zero-order valence-electron chi connectivity index (χ0n) is 15.6. The third kappa shape index (κ3) is 6.28. The summed E-state index contributed by atoms with van der Waals surface area (Å²) in [5.41, 5.74) is -3.36. The number of aliphatic hydroxyl groups is 2. The van der Waals surface area contributed by atoms with Crippen LogP contribution in [0.15, 0.2) is 15.8 Å². The number of halogens is 3. The maximum atomic E-state index is 12.6. The smallest absolute Gasteiger partial charge is 0.387 e. The van der Waals surface area contributed by atoms with E-state index in [9.17, 15) is 46.7 Å². The topological polar surface area (TPSA) is 233 Å². The third-order valence-corrected chi connectivity index (χ3v) is 9.43. The van der Waals surface area contributed by atoms with E-state index >= 15 is 0 Å². The van der Waals surface area contributed by atoms with E-state index in [1.54, 1.807) is 4.98 Å². The van der Waals surface area contributed by atoms with Crippen molar-refractivity contribution in [3.05, 3.63) is 32.6 Å². The quantitative estimate of drug-likeness (QED) is 0.296. The van der Waals surface area contributed by atoms with Crippen LogP contribution in [0.1, 0.15) is 11.7 Å². The standard InChI is InChI=1S/C11H14F3N2O14P3/c12-11(13,14)3-16-1-4(9(19)15-10(16)20)8-7(18)6(17)5(27-8)2-26-33(25)29-31(21,22)28-32(23,24)30-33/h1,5-8,17-18H,2-3H2,(H,21,22)(H,23,24)(H,15,19,20)/t5-,6?,7?,8+/m1/s1. The molecule has 188 valence electrons. The molecule has 2 aliphatic rings. The van der Waals surface area contributed by atoms with Crippen LogP contribution in [-0.4, -0.2) is 60.6 Å². The fourth-order valence-corrected chi connectivity index (χ4v) is 7.76. The summed E-state index contributed by atoms with van der Waals surface area (Å²) in [6.07, 6.45) is -11.9. The molecule has 0 bridgehead atoms. The normalized spacial score (nSPS) is 39.6. The highest BCUT2D eigenvalue weighted by Crippen LogP contribution is 2.80. The minimum Gasteiger partial charge on any atom is -0.387 e. The van der Waals surface area contributed by atoms with Gasteiger partial charge >= 0.3 is 35.3 Å². The van der Waals surface area contributed by atoms with Crippen LogP contribution in [0, 0.1) is 0 Å². The number of aromatic nitrogens is 2. The number of phosphoric acid groups is 3. The molecule has 0 radical (unpaired) electrons. The van der Waals surface area contributed by atoms with Gasteiger partial charge in [0.2, 0.25) is 0 Å². The van der Waals surface area contributed by atoms with E-state index in [4.69, 9.17) is 14.5 Å². The number of rotatable bonds is 5. The first-order valence-corrected chi connectivity index (χ1v) is 12.8. The average Bonchev–Trinajstić information content (AvgIpc) is 2.86. The Hall–Kier alpha value is -1.20. The summed E-state index contributed by atoms with van der Waals surface area (Å²) < 4.78 is 94.3. The van der Waals surface area contributed by atoms with Gasteiger partial charge < -0.3 is 24.7 Å². The number of aliphatic hydroxyl groups excluding tert-OH is 2. The summed E-state index contributed by atoms with van der Waals surface area (Å²) in [5, 5.41) is 20.2. The maximum Gasteiger partial charge on any atom is 0.492 e. The van der Waals surface area contributed by atoms with Crippen LogP contribution in [0.4, 0.5) is 13.2 Å². The molecule has 22 heteroatoms. The van der Waals surface area contributed by atoms with Gasteiger partial charge in [-0.1, -0.05) is 0 Å². The number of nitrogens with zero attached hydrogens (tertiary/aromatic N) is 1. The van der Waals surface area contributed by atoms with Crippen molar-refractivity contribution >= 4 is 23.5 Å². The van der Waals surface area contributed by atoms with Crippen molar-refractivity contribution in [1.29, 1.82) is 0 Å². The number of ether oxygens (including phenoxy) is 1. The molecule has 0 saturated carbocycles. The second kappa shape index (κ2) is 8.78. The lowest BCUT2D eigenvalue weighted by atomic mass is 10.0. The molecule has 33 heavy (non-hydrogen) atoms. The summed E-state index contributed by atoms with van der Waals surface area (Å²) >= 11 is 0. The highest BCUT2D eigenvalue weighted by Gasteiger charge is 2.55. The fraction of sp³-hybridized carbons (Fsp3) is 0.636. The van der Waals surface area contributed by atoms with Gasteiger partial charge in [0, 0.05) is 6.20 Å². The molecule has 1 aromatic rings. The van der Waals surface area contributed by atoms with E-state index < -0.39 is 84.0 Å². The summed E-state index contributed by atoms with van der Waals surface area (Å²) in [6.45, 7) is -2.90. The van der Waals surface area contributed by atoms with E-state index in [1.165, 1.54) is 0 Å². The molecular weight excluding hydrogens is 534 g/mol. The van der Waals surface area contributed by atoms with E-state index in [1.807, 2.05) is 0 Å². The zero-order valence-corrected chi connectivity index (χ0v) is 18.3. The minimum atomic E-state index is -5.36. The van der Waals surface area contributed by atoms with E-state index in [0.717, 1.165) is 0 Å². The molecule has 0 aliphatic carbocycles. The second-order valence-electron chi connectivity index (χ2n) is 6.59. The average molecular weight is 548 g/mol. The molecule has 0 aromatic carbocycles. The van der Waals surface area contributed by atoms with Crippen LogP contribution < -0.4 is 11.2 Å². The Morgan fingerprint density at radius 1 is 1.06 bits per heavy atom. The number of nitrogens with one attached hydrogen (secondary N) is 1. The molecule has 0 amide bonds. The Balaban J connectivity index is 1.80. The number of hydrogen-bond acceptors (Lipinski definition) is 12. The molecule has 3 heterocycles. The SMILES string of the molecule is O=c1[nH]c(=O)n(CC(F)(F)F)cc1[C@@H]1O[C@H](COP2(=O)OP(=O)(O)OP(=O)(O)O2)C(O)C1O. The molecule has 2 saturated heterocycles. The van der Waals surface area contributed by atoms with Crippen molar-refractivity contribution in [2.45, 2.75) is 37.1 Å². The van der Waals surface area contributed by atoms with E-state index in [-0.39, 0.29) is 4.57 Å². The number of aromatic amines is 1. The lowest BCUT2D eigenvalue weighted by molar-refractivity contribution is -0.141. The van der Waals surface area contributed by atoms with Gasteiger partial charge in [-0.25, -0.2) is 18.5 Å². The molecule has 1 aromatic heterocycles. The molecule has 5 N–H and O–H groups in total. The molecule has 6 atom stereocenters. The van der Waals surface area contributed by atoms with Crippen LogP contribution in [0.2, 0.25) is 0 Å². The van der Waals surface area contributed by atoms with Crippen molar-refractivity contribution in [3.8, 4) is 0 Å². The van der Waals surface area contributed by atoms with Crippen LogP contribution in [-0.2, 0) is 42.4 Å². The first-order valence-electron chi connectivity index (χ1n) is 8.36. The van der Waals surface area contributed by atoms with Crippen molar-refractivity contribution in [3.63, 3.8) is 0 Å². The van der Waals surface area contributed by atoms with Gasteiger partial charge in [0.25, 0.3) is 5.56 Å². The molecule has 3 rings (SSSR count). The number of hydrogen-bond donors (Lipinski definition) is 5. The van der Waals surface area contributed by atoms with E-state index in [2.05, 4.69) is 17.5 Å². The Bertz CT molecular complexity index is 1150. The number of alkyl halides is 3. The molecule has 4 unspecified atom stereocenters. The van der Waals surface area contributed by atoms with Gasteiger partial charge in [0.15, 0.2) is 0 Å². The van der Waals surface area contributed by atoms with Crippen LogP contribution in [0.5, 0.6) is 0 Å². The predicted molar refractivity (Wildman–Crippen MR) is 93.5 cm³/mol. The Morgan fingerprint density at radius 2 is 1.64 bits per heavy atom. The lowest BCUT2D eigenvalue weighted by Crippen LogP contribution is -2.38. The fourth-order valence-electron chi connectivity index (χ4n) is 2.82. The largest absolute Gasteiger partial charge is 0.492 e. The highest BCUT2D eigenvalue weighted by atomic mass is 31.3. The Labute approximate surface area is 179 Å². The lowest BCUT2D eigenvalue weighted by Gasteiger charge is -2.27. The van der Waals surface area contributed by atoms with Gasteiger partial charge in [0.05, 0.1) is 12.2 Å². The first kappa shape index (κ1) is 26.4. The monoisotopic (exact) mass is 548 g/mol. The Kier molecular flexibility index (Phi) is 7.03. The van der Waals surface area contributed by atoms with Gasteiger partial charge in [-0.15, -0.1) is 0 Å². The Morgan fingerprint density at radius 3 is 2.18 bits per heavy atom. The summed E-state index contributed by atoms with van der Waals surface area (Å²) in [7, 11) is -16.0. The number of H-pyrrole nitrogens is 1. The van der Waals surface area contributed by atoms with Gasteiger partial charge in [-0.3, -0.25) is 18.9 Å². The van der Waals surface area contributed by atoms with Gasteiger partial charge in [0.1, 0.15) is 31.0 Å². The first-order chi connectivity index (χ1) is 14.9.